The summed E-state index contributed by atoms with van der Waals surface area (Å²) in [5.74, 6) is -0.490. The molecule has 12 heteroatoms. The highest BCUT2D eigenvalue weighted by atomic mass is 32.2. The Hall–Kier alpha value is -3.45. The van der Waals surface area contributed by atoms with Crippen LogP contribution < -0.4 is 10.2 Å². The van der Waals surface area contributed by atoms with Crippen molar-refractivity contribution in [3.63, 3.8) is 0 Å². The molecule has 0 radical (unpaired) electrons. The highest BCUT2D eigenvalue weighted by molar-refractivity contribution is 7.92. The maximum absolute atomic E-state index is 13.1. The second-order valence-electron chi connectivity index (χ2n) is 8.47. The minimum absolute atomic E-state index is 0.0754. The van der Waals surface area contributed by atoms with Gasteiger partial charge in [0, 0.05) is 37.2 Å². The van der Waals surface area contributed by atoms with Gasteiger partial charge >= 0.3 is 0 Å². The van der Waals surface area contributed by atoms with Crippen LogP contribution in [0.25, 0.3) is 17.2 Å². The first-order valence-electron chi connectivity index (χ1n) is 11.5. The SMILES string of the molecule is CS(=O)(=O)Nc1cccc(-c2ccc(S(=O)(=O)n3ccc(/C=C/C(=O)NOC4CCCCO4)c3)cc2)c1. The number of hydrogen-bond acceptors (Lipinski definition) is 7. The molecule has 1 amide bonds. The predicted molar refractivity (Wildman–Crippen MR) is 139 cm³/mol. The summed E-state index contributed by atoms with van der Waals surface area (Å²) in [5, 5.41) is 0. The molecule has 1 saturated heterocycles. The Kier molecular flexibility index (Phi) is 8.13. The molecule has 1 atom stereocenters. The van der Waals surface area contributed by atoms with E-state index >= 15 is 0 Å². The molecule has 0 aliphatic carbocycles. The van der Waals surface area contributed by atoms with Crippen LogP contribution in [0.3, 0.4) is 0 Å². The predicted octanol–water partition coefficient (Wildman–Crippen LogP) is 3.35. The Morgan fingerprint density at radius 2 is 1.84 bits per heavy atom. The molecule has 4 rings (SSSR count). The quantitative estimate of drug-likeness (QED) is 0.311. The second-order valence-corrected chi connectivity index (χ2v) is 12.1. The van der Waals surface area contributed by atoms with Crippen LogP contribution in [-0.2, 0) is 34.4 Å². The standard InChI is InChI=1S/C25H27N3O7S2/c1-36(30,31)27-22-6-4-5-21(17-22)20-9-11-23(12-10-20)37(32,33)28-15-14-19(18-28)8-13-24(29)26-35-25-7-2-3-16-34-25/h4-6,8-15,17-18,25,27H,2-3,7,16H2,1H3,(H,26,29)/b13-8+. The Bertz CT molecular complexity index is 1490. The van der Waals surface area contributed by atoms with Gasteiger partial charge in [0.2, 0.25) is 10.0 Å². The van der Waals surface area contributed by atoms with Gasteiger partial charge in [0.1, 0.15) is 0 Å². The smallest absolute Gasteiger partial charge is 0.267 e. The van der Waals surface area contributed by atoms with Gasteiger partial charge in [-0.05, 0) is 65.9 Å². The molecule has 2 N–H and O–H groups in total. The fraction of sp³-hybridized carbons (Fsp3) is 0.240. The van der Waals surface area contributed by atoms with Crippen LogP contribution in [0.2, 0.25) is 0 Å². The van der Waals surface area contributed by atoms with E-state index in [0.717, 1.165) is 34.2 Å². The van der Waals surface area contributed by atoms with E-state index in [1.807, 2.05) is 0 Å². The summed E-state index contributed by atoms with van der Waals surface area (Å²) in [6.07, 6.45) is 8.78. The molecule has 1 aromatic heterocycles. The van der Waals surface area contributed by atoms with Gasteiger partial charge < -0.3 is 4.74 Å². The number of ether oxygens (including phenoxy) is 1. The van der Waals surface area contributed by atoms with E-state index in [-0.39, 0.29) is 4.90 Å². The summed E-state index contributed by atoms with van der Waals surface area (Å²) < 4.78 is 58.0. The summed E-state index contributed by atoms with van der Waals surface area (Å²) in [4.78, 5) is 17.3. The Morgan fingerprint density at radius 3 is 2.54 bits per heavy atom. The number of aromatic nitrogens is 1. The fourth-order valence-electron chi connectivity index (χ4n) is 3.69. The molecule has 1 unspecified atom stereocenters. The molecule has 196 valence electrons. The zero-order valence-corrected chi connectivity index (χ0v) is 21.7. The van der Waals surface area contributed by atoms with E-state index in [2.05, 4.69) is 10.2 Å². The van der Waals surface area contributed by atoms with Crippen molar-refractivity contribution in [2.24, 2.45) is 0 Å². The number of rotatable bonds is 9. The van der Waals surface area contributed by atoms with E-state index in [0.29, 0.717) is 24.3 Å². The minimum atomic E-state index is -3.86. The molecule has 2 heterocycles. The molecule has 1 aliphatic heterocycles. The molecule has 1 aliphatic rings. The average Bonchev–Trinajstić information content (AvgIpc) is 3.36. The van der Waals surface area contributed by atoms with E-state index < -0.39 is 32.2 Å². The van der Waals surface area contributed by atoms with Gasteiger partial charge in [-0.1, -0.05) is 24.3 Å². The van der Waals surface area contributed by atoms with Gasteiger partial charge in [0.05, 0.1) is 11.2 Å². The van der Waals surface area contributed by atoms with Gasteiger partial charge in [-0.15, -0.1) is 0 Å². The lowest BCUT2D eigenvalue weighted by atomic mass is 10.1. The number of nitrogens with zero attached hydrogens (tertiary/aromatic N) is 1. The molecular formula is C25H27N3O7S2. The Balaban J connectivity index is 1.41. The monoisotopic (exact) mass is 545 g/mol. The van der Waals surface area contributed by atoms with Gasteiger partial charge in [0.25, 0.3) is 15.9 Å². The van der Waals surface area contributed by atoms with E-state index in [1.165, 1.54) is 36.7 Å². The maximum atomic E-state index is 13.1. The Morgan fingerprint density at radius 1 is 1.05 bits per heavy atom. The second kappa shape index (κ2) is 11.3. The van der Waals surface area contributed by atoms with Crippen LogP contribution in [0.15, 0.2) is 78.0 Å². The van der Waals surface area contributed by atoms with Crippen molar-refractivity contribution in [2.75, 3.05) is 17.6 Å². The van der Waals surface area contributed by atoms with Crippen molar-refractivity contribution in [1.82, 2.24) is 9.45 Å². The van der Waals surface area contributed by atoms with Gasteiger partial charge in [0.15, 0.2) is 6.29 Å². The fourth-order valence-corrected chi connectivity index (χ4v) is 5.45. The molecule has 1 fully saturated rings. The number of nitrogens with one attached hydrogen (secondary N) is 2. The van der Waals surface area contributed by atoms with Gasteiger partial charge in [-0.3, -0.25) is 9.52 Å². The summed E-state index contributed by atoms with van der Waals surface area (Å²) in [6.45, 7) is 0.594. The molecule has 10 nitrogen and oxygen atoms in total. The highest BCUT2D eigenvalue weighted by Crippen LogP contribution is 2.25. The maximum Gasteiger partial charge on any atom is 0.267 e. The van der Waals surface area contributed by atoms with Crippen molar-refractivity contribution in [3.05, 3.63) is 78.6 Å². The lowest BCUT2D eigenvalue weighted by molar-refractivity contribution is -0.198. The zero-order chi connectivity index (χ0) is 26.5. The number of amides is 1. The number of carbonyl (C=O) groups is 1. The number of carbonyl (C=O) groups excluding carboxylic acids is 1. The molecular weight excluding hydrogens is 518 g/mol. The number of benzene rings is 2. The number of anilines is 1. The van der Waals surface area contributed by atoms with E-state index in [9.17, 15) is 21.6 Å². The topological polar surface area (TPSA) is 133 Å². The van der Waals surface area contributed by atoms with Crippen molar-refractivity contribution >= 4 is 37.7 Å². The first-order chi connectivity index (χ1) is 17.6. The summed E-state index contributed by atoms with van der Waals surface area (Å²) >= 11 is 0. The number of hydroxylamine groups is 1. The lowest BCUT2D eigenvalue weighted by Gasteiger charge is -2.21. The van der Waals surface area contributed by atoms with Gasteiger partial charge in [-0.25, -0.2) is 31.1 Å². The summed E-state index contributed by atoms with van der Waals surface area (Å²) in [5.41, 5.74) is 4.68. The van der Waals surface area contributed by atoms with E-state index in [4.69, 9.17) is 9.57 Å². The molecule has 0 saturated carbocycles. The zero-order valence-electron chi connectivity index (χ0n) is 20.0. The highest BCUT2D eigenvalue weighted by Gasteiger charge is 2.17. The van der Waals surface area contributed by atoms with Crippen molar-refractivity contribution in [3.8, 4) is 11.1 Å². The number of sulfonamides is 1. The van der Waals surface area contributed by atoms with E-state index in [1.54, 1.807) is 42.5 Å². The third-order valence-electron chi connectivity index (χ3n) is 5.48. The number of hydrogen-bond donors (Lipinski definition) is 2. The van der Waals surface area contributed by atoms with Crippen LogP contribution in [0.4, 0.5) is 5.69 Å². The third kappa shape index (κ3) is 7.29. The van der Waals surface area contributed by atoms with Crippen molar-refractivity contribution in [1.29, 1.82) is 0 Å². The molecule has 0 bridgehead atoms. The Labute approximate surface area is 216 Å². The van der Waals surface area contributed by atoms with Crippen LogP contribution in [-0.4, -0.2) is 45.9 Å². The van der Waals surface area contributed by atoms with Crippen LogP contribution >= 0.6 is 0 Å². The lowest BCUT2D eigenvalue weighted by Crippen LogP contribution is -2.32. The van der Waals surface area contributed by atoms with Crippen molar-refractivity contribution in [2.45, 2.75) is 30.4 Å². The third-order valence-corrected chi connectivity index (χ3v) is 7.73. The average molecular weight is 546 g/mol. The van der Waals surface area contributed by atoms with Crippen LogP contribution in [0.1, 0.15) is 24.8 Å². The molecule has 2 aromatic carbocycles. The summed E-state index contributed by atoms with van der Waals surface area (Å²) in [6, 6.07) is 14.6. The first-order valence-corrected chi connectivity index (χ1v) is 14.8. The summed E-state index contributed by atoms with van der Waals surface area (Å²) in [7, 11) is -7.28. The normalized spacial score (nSPS) is 16.5. The molecule has 3 aromatic rings. The molecule has 0 spiro atoms. The minimum Gasteiger partial charge on any atom is -0.350 e. The van der Waals surface area contributed by atoms with Gasteiger partial charge in [-0.2, -0.15) is 0 Å². The van der Waals surface area contributed by atoms with Crippen LogP contribution in [0, 0.1) is 0 Å². The van der Waals surface area contributed by atoms with Crippen LogP contribution in [0.5, 0.6) is 0 Å². The largest absolute Gasteiger partial charge is 0.350 e. The first kappa shape index (κ1) is 26.6. The van der Waals surface area contributed by atoms with Crippen molar-refractivity contribution < 1.29 is 31.2 Å². The molecule has 37 heavy (non-hydrogen) atoms.